The molecule has 3 rings (SSSR count). The van der Waals surface area contributed by atoms with E-state index in [0.717, 1.165) is 24.8 Å². The highest BCUT2D eigenvalue weighted by atomic mass is 32.2. The van der Waals surface area contributed by atoms with Gasteiger partial charge in [0.2, 0.25) is 11.9 Å². The maximum absolute atomic E-state index is 11.9. The minimum atomic E-state index is -0.0625. The molecule has 2 aromatic rings. The lowest BCUT2D eigenvalue weighted by Crippen LogP contribution is -2.38. The molecule has 0 aliphatic carbocycles. The van der Waals surface area contributed by atoms with Crippen LogP contribution < -0.4 is 10.2 Å². The Morgan fingerprint density at radius 2 is 2.23 bits per heavy atom. The number of thioether (sulfide) groups is 1. The van der Waals surface area contributed by atoms with Crippen molar-refractivity contribution in [3.05, 3.63) is 24.2 Å². The van der Waals surface area contributed by atoms with Crippen molar-refractivity contribution in [1.29, 1.82) is 0 Å². The number of hydrogen-bond acceptors (Lipinski definition) is 8. The van der Waals surface area contributed by atoms with Gasteiger partial charge in [-0.05, 0) is 12.1 Å². The number of nitrogens with zero attached hydrogens (tertiary/aromatic N) is 4. The maximum atomic E-state index is 11.9. The van der Waals surface area contributed by atoms with E-state index in [1.807, 2.05) is 16.7 Å². The summed E-state index contributed by atoms with van der Waals surface area (Å²) in [4.78, 5) is 14.1. The largest absolute Gasteiger partial charge is 0.467 e. The molecule has 2 aromatic heterocycles. The Kier molecular flexibility index (Phi) is 6.92. The number of rotatable bonds is 9. The second kappa shape index (κ2) is 9.60. The van der Waals surface area contributed by atoms with Crippen LogP contribution in [0.4, 0.5) is 5.95 Å². The summed E-state index contributed by atoms with van der Waals surface area (Å²) in [5.41, 5.74) is 0. The Balaban J connectivity index is 1.69. The van der Waals surface area contributed by atoms with E-state index in [1.54, 1.807) is 13.4 Å². The van der Waals surface area contributed by atoms with Crippen LogP contribution in [0.1, 0.15) is 5.76 Å². The molecule has 3 heterocycles. The highest BCUT2D eigenvalue weighted by molar-refractivity contribution is 7.99. The van der Waals surface area contributed by atoms with E-state index >= 15 is 0 Å². The van der Waals surface area contributed by atoms with Crippen molar-refractivity contribution in [2.24, 2.45) is 0 Å². The van der Waals surface area contributed by atoms with E-state index in [1.165, 1.54) is 11.8 Å². The molecule has 9 nitrogen and oxygen atoms in total. The van der Waals surface area contributed by atoms with Crippen LogP contribution in [0.25, 0.3) is 0 Å². The van der Waals surface area contributed by atoms with Gasteiger partial charge in [-0.2, -0.15) is 0 Å². The smallest absolute Gasteiger partial charge is 0.230 e. The van der Waals surface area contributed by atoms with Crippen LogP contribution in [0.5, 0.6) is 0 Å². The minimum absolute atomic E-state index is 0.0625. The summed E-state index contributed by atoms with van der Waals surface area (Å²) in [6, 6.07) is 3.76. The Bertz CT molecular complexity index is 685. The number of carbonyl (C=O) groups is 1. The summed E-state index contributed by atoms with van der Waals surface area (Å²) in [6.07, 6.45) is 1.64. The Labute approximate surface area is 156 Å². The number of ether oxygens (including phenoxy) is 2. The molecule has 1 aliphatic heterocycles. The Hall–Kier alpha value is -2.04. The molecule has 0 radical (unpaired) electrons. The fraction of sp³-hybridized carbons (Fsp3) is 0.562. The summed E-state index contributed by atoms with van der Waals surface area (Å²) in [5, 5.41) is 12.1. The Morgan fingerprint density at radius 1 is 1.38 bits per heavy atom. The molecule has 0 spiro atoms. The van der Waals surface area contributed by atoms with E-state index in [-0.39, 0.29) is 11.7 Å². The van der Waals surface area contributed by atoms with Gasteiger partial charge in [0.05, 0.1) is 38.4 Å². The van der Waals surface area contributed by atoms with Crippen LogP contribution in [0.2, 0.25) is 0 Å². The van der Waals surface area contributed by atoms with Crippen molar-refractivity contribution in [3.63, 3.8) is 0 Å². The molecule has 0 atom stereocenters. The number of nitrogens with one attached hydrogen (secondary N) is 1. The quantitative estimate of drug-likeness (QED) is 0.499. The lowest BCUT2D eigenvalue weighted by Gasteiger charge is -2.27. The number of hydrogen-bond donors (Lipinski definition) is 1. The molecule has 142 valence electrons. The van der Waals surface area contributed by atoms with Crippen LogP contribution in [-0.4, -0.2) is 73.0 Å². The second-order valence-electron chi connectivity index (χ2n) is 5.68. The predicted molar refractivity (Wildman–Crippen MR) is 96.5 cm³/mol. The zero-order valence-corrected chi connectivity index (χ0v) is 15.5. The molecule has 10 heteroatoms. The van der Waals surface area contributed by atoms with Crippen molar-refractivity contribution in [3.8, 4) is 0 Å². The molecule has 1 saturated heterocycles. The standard InChI is InChI=1S/C16H23N5O4S/c1-23-8-4-17-14(22)12-26-16-19-18-15(20-5-9-24-10-6-20)21(16)11-13-3-2-7-25-13/h2-3,7H,4-6,8-12H2,1H3,(H,17,22). The van der Waals surface area contributed by atoms with Gasteiger partial charge in [0.25, 0.3) is 0 Å². The number of amides is 1. The number of morpholine rings is 1. The average molecular weight is 381 g/mol. The molecule has 0 bridgehead atoms. The molecule has 1 N–H and O–H groups in total. The second-order valence-corrected chi connectivity index (χ2v) is 6.62. The van der Waals surface area contributed by atoms with Crippen LogP contribution >= 0.6 is 11.8 Å². The number of methoxy groups -OCH3 is 1. The highest BCUT2D eigenvalue weighted by Gasteiger charge is 2.21. The zero-order valence-electron chi connectivity index (χ0n) is 14.7. The summed E-state index contributed by atoms with van der Waals surface area (Å²) >= 11 is 1.36. The molecule has 0 unspecified atom stereocenters. The molecule has 0 aromatic carbocycles. The first-order valence-corrected chi connectivity index (χ1v) is 9.43. The molecule has 0 saturated carbocycles. The minimum Gasteiger partial charge on any atom is -0.467 e. The predicted octanol–water partition coefficient (Wildman–Crippen LogP) is 0.611. The van der Waals surface area contributed by atoms with Crippen molar-refractivity contribution >= 4 is 23.6 Å². The van der Waals surface area contributed by atoms with E-state index < -0.39 is 0 Å². The van der Waals surface area contributed by atoms with E-state index in [2.05, 4.69) is 20.4 Å². The van der Waals surface area contributed by atoms with Gasteiger partial charge in [-0.15, -0.1) is 10.2 Å². The van der Waals surface area contributed by atoms with Gasteiger partial charge in [-0.1, -0.05) is 11.8 Å². The van der Waals surface area contributed by atoms with E-state index in [0.29, 0.717) is 38.1 Å². The first-order valence-electron chi connectivity index (χ1n) is 8.44. The van der Waals surface area contributed by atoms with Crippen molar-refractivity contribution in [2.75, 3.05) is 57.2 Å². The third-order valence-corrected chi connectivity index (χ3v) is 4.81. The fourth-order valence-electron chi connectivity index (χ4n) is 2.56. The molecule has 1 fully saturated rings. The molecule has 1 aliphatic rings. The SMILES string of the molecule is COCCNC(=O)CSc1nnc(N2CCOCC2)n1Cc1ccco1. The van der Waals surface area contributed by atoms with Crippen LogP contribution in [-0.2, 0) is 20.8 Å². The zero-order chi connectivity index (χ0) is 18.2. The summed E-state index contributed by atoms with van der Waals surface area (Å²) < 4.78 is 17.8. The van der Waals surface area contributed by atoms with Crippen molar-refractivity contribution < 1.29 is 18.7 Å². The first-order chi connectivity index (χ1) is 12.8. The van der Waals surface area contributed by atoms with E-state index in [4.69, 9.17) is 13.9 Å². The molecular formula is C16H23N5O4S. The van der Waals surface area contributed by atoms with Gasteiger partial charge in [0.15, 0.2) is 5.16 Å². The van der Waals surface area contributed by atoms with Crippen LogP contribution in [0.3, 0.4) is 0 Å². The monoisotopic (exact) mass is 381 g/mol. The molecule has 26 heavy (non-hydrogen) atoms. The highest BCUT2D eigenvalue weighted by Crippen LogP contribution is 2.24. The topological polar surface area (TPSA) is 94.6 Å². The third kappa shape index (κ3) is 4.99. The van der Waals surface area contributed by atoms with Gasteiger partial charge >= 0.3 is 0 Å². The third-order valence-electron chi connectivity index (χ3n) is 3.85. The lowest BCUT2D eigenvalue weighted by atomic mass is 10.4. The number of furan rings is 1. The normalized spacial score (nSPS) is 14.6. The fourth-order valence-corrected chi connectivity index (χ4v) is 3.32. The van der Waals surface area contributed by atoms with Gasteiger partial charge in [0, 0.05) is 26.7 Å². The van der Waals surface area contributed by atoms with Crippen LogP contribution in [0, 0.1) is 0 Å². The van der Waals surface area contributed by atoms with Gasteiger partial charge in [-0.3, -0.25) is 9.36 Å². The summed E-state index contributed by atoms with van der Waals surface area (Å²) in [6.45, 7) is 4.35. The summed E-state index contributed by atoms with van der Waals surface area (Å²) in [5.74, 6) is 1.79. The number of anilines is 1. The Morgan fingerprint density at radius 3 is 2.96 bits per heavy atom. The average Bonchev–Trinajstić information content (AvgIpc) is 3.31. The van der Waals surface area contributed by atoms with Crippen molar-refractivity contribution in [2.45, 2.75) is 11.7 Å². The van der Waals surface area contributed by atoms with E-state index in [9.17, 15) is 4.79 Å². The van der Waals surface area contributed by atoms with Crippen LogP contribution in [0.15, 0.2) is 28.0 Å². The maximum Gasteiger partial charge on any atom is 0.230 e. The number of aromatic nitrogens is 3. The van der Waals surface area contributed by atoms with Crippen molar-refractivity contribution in [1.82, 2.24) is 20.1 Å². The van der Waals surface area contributed by atoms with Gasteiger partial charge in [-0.25, -0.2) is 0 Å². The van der Waals surface area contributed by atoms with Gasteiger partial charge in [0.1, 0.15) is 5.76 Å². The first kappa shape index (κ1) is 18.7. The molecular weight excluding hydrogens is 358 g/mol. The number of carbonyl (C=O) groups excluding carboxylic acids is 1. The molecule has 1 amide bonds. The lowest BCUT2D eigenvalue weighted by molar-refractivity contribution is -0.118. The summed E-state index contributed by atoms with van der Waals surface area (Å²) in [7, 11) is 1.60. The van der Waals surface area contributed by atoms with Gasteiger partial charge < -0.3 is 24.1 Å².